The van der Waals surface area contributed by atoms with E-state index in [2.05, 4.69) is 13.8 Å². The van der Waals surface area contributed by atoms with E-state index in [1.54, 1.807) is 0 Å². The second-order valence-corrected chi connectivity index (χ2v) is 8.31. The van der Waals surface area contributed by atoms with Gasteiger partial charge in [-0.2, -0.15) is 0 Å². The van der Waals surface area contributed by atoms with Gasteiger partial charge in [-0.1, -0.05) is 42.5 Å². The third-order valence-electron chi connectivity index (χ3n) is 6.86. The molecule has 0 saturated carbocycles. The third kappa shape index (κ3) is 2.62. The molecule has 0 N–H and O–H groups in total. The maximum atomic E-state index is 11.5. The van der Waals surface area contributed by atoms with E-state index in [0.717, 1.165) is 0 Å². The number of Topliss-reactive ketones (excluding diaryl/α,β-unsaturated/α-hetero) is 1. The lowest BCUT2D eigenvalue weighted by molar-refractivity contribution is -0.225. The molecule has 7 saturated heterocycles. The fraction of sp³-hybridized carbons (Fsp3) is 0.900. The highest BCUT2D eigenvalue weighted by Gasteiger charge is 2.63. The van der Waals surface area contributed by atoms with Gasteiger partial charge in [-0.3, -0.25) is 4.79 Å². The van der Waals surface area contributed by atoms with Crippen molar-refractivity contribution >= 4 is 11.8 Å². The molecule has 2 unspecified atom stereocenters. The quantitative estimate of drug-likeness (QED) is 0.591. The number of fused-ring (bicyclic) bond motifs is 2. The molecule has 7 aliphatic rings. The molecular formula is C20H32O7. The van der Waals surface area contributed by atoms with Crippen molar-refractivity contribution in [3.8, 4) is 0 Å². The van der Waals surface area contributed by atoms with E-state index in [4.69, 9.17) is 23.7 Å². The molecule has 0 spiro atoms. The second kappa shape index (κ2) is 6.79. The molecular weight excluding hydrogens is 352 g/mol. The zero-order valence-corrected chi connectivity index (χ0v) is 14.8. The van der Waals surface area contributed by atoms with Crippen LogP contribution in [0.25, 0.3) is 0 Å². The Bertz CT molecular complexity index is 615. The summed E-state index contributed by atoms with van der Waals surface area (Å²) >= 11 is 0. The van der Waals surface area contributed by atoms with Crippen LogP contribution in [-0.2, 0) is 33.3 Å². The molecule has 7 aliphatic heterocycles. The van der Waals surface area contributed by atoms with Crippen molar-refractivity contribution in [1.82, 2.24) is 0 Å². The average Bonchev–Trinajstić information content (AvgIpc) is 3.05. The fourth-order valence-electron chi connectivity index (χ4n) is 5.41. The van der Waals surface area contributed by atoms with Gasteiger partial charge in [0.2, 0.25) is 6.29 Å². The first-order chi connectivity index (χ1) is 11.9. The van der Waals surface area contributed by atoms with Crippen LogP contribution in [-0.4, -0.2) is 60.8 Å². The van der Waals surface area contributed by atoms with Gasteiger partial charge in [-0.05, 0) is 0 Å². The van der Waals surface area contributed by atoms with Crippen LogP contribution in [0.2, 0.25) is 0 Å². The molecule has 7 nitrogen and oxygen atoms in total. The number of rotatable bonds is 0. The fourth-order valence-corrected chi connectivity index (χ4v) is 5.41. The smallest absolute Gasteiger partial charge is 0.338 e. The summed E-state index contributed by atoms with van der Waals surface area (Å²) in [6.07, 6.45) is -0.830. The van der Waals surface area contributed by atoms with Gasteiger partial charge in [0.05, 0.1) is 18.3 Å². The molecule has 7 rings (SSSR count). The van der Waals surface area contributed by atoms with Gasteiger partial charge in [0, 0.05) is 23.7 Å². The van der Waals surface area contributed by atoms with Crippen molar-refractivity contribution in [3.63, 3.8) is 0 Å². The molecule has 154 valence electrons. The van der Waals surface area contributed by atoms with Crippen LogP contribution in [0.3, 0.4) is 0 Å². The number of esters is 1. The summed E-state index contributed by atoms with van der Waals surface area (Å²) in [6, 6.07) is 0. The number of ketones is 1. The summed E-state index contributed by atoms with van der Waals surface area (Å²) in [7, 11) is 0. The topological polar surface area (TPSA) is 80.3 Å². The molecule has 0 amide bonds. The Balaban J connectivity index is 0.000000145. The van der Waals surface area contributed by atoms with Gasteiger partial charge in [0.15, 0.2) is 11.9 Å². The number of carbonyl (C=O) groups is 2. The molecule has 0 aromatic rings. The summed E-state index contributed by atoms with van der Waals surface area (Å²) in [5.74, 6) is 1.02. The second-order valence-electron chi connectivity index (χ2n) is 8.31. The Kier molecular flexibility index (Phi) is 5.21. The minimum absolute atomic E-state index is 0. The van der Waals surface area contributed by atoms with E-state index in [-0.39, 0.29) is 75.1 Å². The van der Waals surface area contributed by atoms with Gasteiger partial charge in [0.25, 0.3) is 0 Å². The Labute approximate surface area is 161 Å². The van der Waals surface area contributed by atoms with Gasteiger partial charge < -0.3 is 23.7 Å². The zero-order chi connectivity index (χ0) is 17.6. The molecule has 7 fully saturated rings. The Hall–Kier alpha value is -1.02. The predicted molar refractivity (Wildman–Crippen MR) is 95.9 cm³/mol. The van der Waals surface area contributed by atoms with E-state index in [1.165, 1.54) is 0 Å². The maximum absolute atomic E-state index is 11.5. The largest absolute Gasteiger partial charge is 0.431 e. The number of hydrogen-bond acceptors (Lipinski definition) is 7. The van der Waals surface area contributed by atoms with Crippen LogP contribution in [0.1, 0.15) is 42.5 Å². The van der Waals surface area contributed by atoms with Crippen molar-refractivity contribution in [1.29, 1.82) is 0 Å². The molecule has 0 aromatic heterocycles. The Morgan fingerprint density at radius 2 is 1.11 bits per heavy atom. The minimum Gasteiger partial charge on any atom is -0.431 e. The Morgan fingerprint density at radius 3 is 1.78 bits per heavy atom. The summed E-state index contributed by atoms with van der Waals surface area (Å²) in [5, 5.41) is 0. The number of carbonyl (C=O) groups excluding carboxylic acids is 2. The summed E-state index contributed by atoms with van der Waals surface area (Å²) in [4.78, 5) is 22.9. The van der Waals surface area contributed by atoms with Crippen molar-refractivity contribution in [2.24, 2.45) is 23.7 Å². The van der Waals surface area contributed by atoms with Crippen molar-refractivity contribution in [3.05, 3.63) is 0 Å². The van der Waals surface area contributed by atoms with Crippen LogP contribution < -0.4 is 0 Å². The average molecular weight is 384 g/mol. The van der Waals surface area contributed by atoms with Gasteiger partial charge >= 0.3 is 5.97 Å². The first-order valence-electron chi connectivity index (χ1n) is 9.24. The van der Waals surface area contributed by atoms with Crippen LogP contribution in [0.5, 0.6) is 0 Å². The van der Waals surface area contributed by atoms with E-state index in [9.17, 15) is 9.59 Å². The van der Waals surface area contributed by atoms with Crippen LogP contribution in [0.4, 0.5) is 0 Å². The molecule has 0 aliphatic carbocycles. The van der Waals surface area contributed by atoms with E-state index in [1.807, 2.05) is 13.8 Å². The third-order valence-corrected chi connectivity index (χ3v) is 6.86. The molecule has 0 aromatic carbocycles. The summed E-state index contributed by atoms with van der Waals surface area (Å²) < 4.78 is 27.6. The predicted octanol–water partition coefficient (Wildman–Crippen LogP) is 1.96. The van der Waals surface area contributed by atoms with Crippen LogP contribution in [0.15, 0.2) is 0 Å². The van der Waals surface area contributed by atoms with Gasteiger partial charge in [-0.15, -0.1) is 0 Å². The lowest BCUT2D eigenvalue weighted by Gasteiger charge is -2.38. The minimum atomic E-state index is -0.450. The van der Waals surface area contributed by atoms with E-state index < -0.39 is 12.4 Å². The molecule has 7 heterocycles. The highest BCUT2D eigenvalue weighted by Crippen LogP contribution is 2.48. The lowest BCUT2D eigenvalue weighted by Crippen LogP contribution is -2.53. The van der Waals surface area contributed by atoms with Crippen LogP contribution in [0, 0.1) is 23.7 Å². The van der Waals surface area contributed by atoms with Crippen molar-refractivity contribution in [2.75, 3.05) is 0 Å². The molecule has 27 heavy (non-hydrogen) atoms. The Morgan fingerprint density at radius 1 is 0.593 bits per heavy atom. The normalized spacial score (nSPS) is 55.4. The van der Waals surface area contributed by atoms with E-state index in [0.29, 0.717) is 11.8 Å². The summed E-state index contributed by atoms with van der Waals surface area (Å²) in [6.45, 7) is 8.22. The lowest BCUT2D eigenvalue weighted by atomic mass is 9.84. The zero-order valence-electron chi connectivity index (χ0n) is 14.8. The molecule has 0 radical (unpaired) electrons. The maximum Gasteiger partial charge on any atom is 0.338 e. The van der Waals surface area contributed by atoms with Crippen LogP contribution >= 0.6 is 0 Å². The summed E-state index contributed by atoms with van der Waals surface area (Å²) in [5.41, 5.74) is 0. The molecule has 12 atom stereocenters. The van der Waals surface area contributed by atoms with Crippen molar-refractivity contribution in [2.45, 2.75) is 91.6 Å². The van der Waals surface area contributed by atoms with E-state index >= 15 is 0 Å². The van der Waals surface area contributed by atoms with Crippen molar-refractivity contribution < 1.29 is 33.3 Å². The highest BCUT2D eigenvalue weighted by atomic mass is 16.8. The first-order valence-corrected chi connectivity index (χ1v) is 9.24. The SMILES string of the molecule is C.C.C[C@@H]1C2O[C@@H]3OC(=O)[C@H]1O[C@@H]3[C@H]2C.C[C@@H]1[C@@H]2OC3C(=O)[C@H]1O[C@@H]3[C@H]2C. The molecule has 7 bridgehead atoms. The molecule has 7 heteroatoms. The first kappa shape index (κ1) is 20.7. The van der Waals surface area contributed by atoms with Gasteiger partial charge in [0.1, 0.15) is 18.3 Å². The number of ether oxygens (including phenoxy) is 5. The standard InChI is InChI=1S/C9H12O4.C9H12O3.2CH4/c1-3-5-4(2)7-9(12-5)13-8(10)6(3)11-7;1-3-6-4(2)8-9(11-6)5(10)7(3)12-8;;/h3-7,9H,1-2H3;3-4,6-9H,1-2H3;2*1H4/t3-,4+,5?,6+,7-,9-;3-,4+,6+,7+,8-,9?;;/m11../s1. The highest BCUT2D eigenvalue weighted by molar-refractivity contribution is 5.91. The number of hydrogen-bond donors (Lipinski definition) is 0. The van der Waals surface area contributed by atoms with Gasteiger partial charge in [-0.25, -0.2) is 4.79 Å². The monoisotopic (exact) mass is 384 g/mol.